The number of nitrogens with zero attached hydrogens (tertiary/aromatic N) is 4. The molecule has 0 amide bonds. The molecule has 1 atom stereocenters. The topological polar surface area (TPSA) is 152 Å². The highest BCUT2D eigenvalue weighted by Crippen LogP contribution is 2.18. The van der Waals surface area contributed by atoms with E-state index in [1.54, 1.807) is 0 Å². The molecule has 19 heavy (non-hydrogen) atoms. The molecule has 10 nitrogen and oxygen atoms in total. The van der Waals surface area contributed by atoms with Crippen LogP contribution in [0.2, 0.25) is 0 Å². The van der Waals surface area contributed by atoms with Crippen LogP contribution in [0.4, 0.5) is 11.8 Å². The van der Waals surface area contributed by atoms with E-state index in [9.17, 15) is 0 Å². The smallest absolute Gasteiger partial charge is 0.224 e. The largest absolute Gasteiger partial charge is 0.394 e. The summed E-state index contributed by atoms with van der Waals surface area (Å²) in [5.74, 6) is 0.0674. The Balaban J connectivity index is 2.18. The van der Waals surface area contributed by atoms with E-state index in [0.717, 1.165) is 0 Å². The Morgan fingerprint density at radius 2 is 2.26 bits per heavy atom. The monoisotopic (exact) mass is 270 g/mol. The van der Waals surface area contributed by atoms with Gasteiger partial charge in [0.2, 0.25) is 5.95 Å². The highest BCUT2D eigenvalue weighted by molar-refractivity contribution is 5.83. The van der Waals surface area contributed by atoms with Crippen molar-refractivity contribution in [3.63, 3.8) is 0 Å². The lowest BCUT2D eigenvalue weighted by atomic mass is 10.4. The molecule has 0 saturated heterocycles. The molecule has 0 aromatic carbocycles. The van der Waals surface area contributed by atoms with Crippen LogP contribution < -0.4 is 11.2 Å². The molecule has 0 radical (unpaired) electrons. The van der Waals surface area contributed by atoms with E-state index >= 15 is 0 Å². The van der Waals surface area contributed by atoms with Gasteiger partial charge in [0.15, 0.2) is 17.0 Å². The van der Waals surface area contributed by atoms with E-state index < -0.39 is 6.10 Å². The van der Waals surface area contributed by atoms with Gasteiger partial charge in [-0.25, -0.2) is 4.98 Å². The lowest BCUT2D eigenvalue weighted by Gasteiger charge is -2.09. The zero-order chi connectivity index (χ0) is 13.8. The summed E-state index contributed by atoms with van der Waals surface area (Å²) < 4.78 is 6.71. The predicted octanol–water partition coefficient (Wildman–Crippen LogP) is -1.46. The molecule has 6 N–H and O–H groups in total. The number of nitrogen functional groups attached to an aromatic ring is 1. The van der Waals surface area contributed by atoms with Gasteiger partial charge in [-0.3, -0.25) is 15.3 Å². The van der Waals surface area contributed by atoms with Crippen molar-refractivity contribution < 1.29 is 20.2 Å². The second-order valence-electron chi connectivity index (χ2n) is 3.77. The van der Waals surface area contributed by atoms with Crippen LogP contribution in [0.15, 0.2) is 6.33 Å². The second kappa shape index (κ2) is 5.75. The van der Waals surface area contributed by atoms with Crippen LogP contribution >= 0.6 is 0 Å². The minimum Gasteiger partial charge on any atom is -0.394 e. The molecule has 0 bridgehead atoms. The average Bonchev–Trinajstić information content (AvgIpc) is 2.80. The van der Waals surface area contributed by atoms with Crippen LogP contribution in [0, 0.1) is 0 Å². The lowest BCUT2D eigenvalue weighted by Crippen LogP contribution is -2.20. The Labute approximate surface area is 107 Å². The van der Waals surface area contributed by atoms with E-state index in [0.29, 0.717) is 11.2 Å². The molecular weight excluding hydrogens is 256 g/mol. The van der Waals surface area contributed by atoms with Crippen LogP contribution in [-0.2, 0) is 11.5 Å². The summed E-state index contributed by atoms with van der Waals surface area (Å²) >= 11 is 0. The fourth-order valence-electron chi connectivity index (χ4n) is 1.47. The van der Waals surface area contributed by atoms with Gasteiger partial charge < -0.3 is 20.7 Å². The molecule has 104 valence electrons. The molecule has 0 aliphatic carbocycles. The van der Waals surface area contributed by atoms with Gasteiger partial charge in [-0.05, 0) is 0 Å². The normalized spacial score (nSPS) is 12.8. The molecule has 2 aromatic heterocycles. The standard InChI is InChI=1S/C9H14N6O4/c10-9-12-7(14-18)6-8(13-9)15(3-11-6)4-19-2-5(17)1-16/h3,5,16-18H,1-2,4H2,(H3,10,12,13,14). The number of ether oxygens (including phenoxy) is 1. The summed E-state index contributed by atoms with van der Waals surface area (Å²) in [5, 5.41) is 26.7. The Hall–Kier alpha value is -2.01. The summed E-state index contributed by atoms with van der Waals surface area (Å²) in [5.41, 5.74) is 8.10. The molecule has 0 aliphatic heterocycles. The zero-order valence-corrected chi connectivity index (χ0v) is 9.89. The minimum absolute atomic E-state index is 0.0259. The third-order valence-corrected chi connectivity index (χ3v) is 2.34. The highest BCUT2D eigenvalue weighted by atomic mass is 16.5. The minimum atomic E-state index is -0.941. The summed E-state index contributed by atoms with van der Waals surface area (Å²) in [6, 6.07) is 0. The molecular formula is C9H14N6O4. The van der Waals surface area contributed by atoms with Gasteiger partial charge in [0, 0.05) is 0 Å². The molecule has 2 aromatic rings. The van der Waals surface area contributed by atoms with Crippen LogP contribution in [0.25, 0.3) is 11.2 Å². The maximum absolute atomic E-state index is 9.14. The first-order valence-electron chi connectivity index (χ1n) is 5.40. The van der Waals surface area contributed by atoms with Crippen molar-refractivity contribution >= 4 is 22.9 Å². The first kappa shape index (κ1) is 13.4. The summed E-state index contributed by atoms with van der Waals surface area (Å²) in [6.45, 7) is -0.338. The first-order valence-corrected chi connectivity index (χ1v) is 5.40. The zero-order valence-electron chi connectivity index (χ0n) is 9.89. The number of aliphatic hydroxyl groups excluding tert-OH is 2. The summed E-state index contributed by atoms with van der Waals surface area (Å²) in [7, 11) is 0. The first-order chi connectivity index (χ1) is 9.15. The Bertz CT molecular complexity index is 559. The number of hydrogen-bond acceptors (Lipinski definition) is 9. The number of hydrogen-bond donors (Lipinski definition) is 5. The molecule has 2 heterocycles. The molecule has 0 aliphatic rings. The number of fused-ring (bicyclic) bond motifs is 1. The van der Waals surface area contributed by atoms with Crippen molar-refractivity contribution in [2.75, 3.05) is 24.4 Å². The van der Waals surface area contributed by atoms with Crippen LogP contribution in [0.3, 0.4) is 0 Å². The van der Waals surface area contributed by atoms with Gasteiger partial charge in [0.25, 0.3) is 0 Å². The van der Waals surface area contributed by atoms with Crippen molar-refractivity contribution in [2.24, 2.45) is 0 Å². The second-order valence-corrected chi connectivity index (χ2v) is 3.77. The van der Waals surface area contributed by atoms with Gasteiger partial charge in [-0.15, -0.1) is 0 Å². The Morgan fingerprint density at radius 1 is 1.47 bits per heavy atom. The van der Waals surface area contributed by atoms with E-state index in [1.165, 1.54) is 10.9 Å². The van der Waals surface area contributed by atoms with Gasteiger partial charge in [0.1, 0.15) is 12.8 Å². The fourth-order valence-corrected chi connectivity index (χ4v) is 1.47. The van der Waals surface area contributed by atoms with E-state index in [2.05, 4.69) is 15.0 Å². The maximum atomic E-state index is 9.14. The van der Waals surface area contributed by atoms with Gasteiger partial charge in [-0.2, -0.15) is 9.97 Å². The average molecular weight is 270 g/mol. The van der Waals surface area contributed by atoms with Crippen molar-refractivity contribution in [3.05, 3.63) is 6.33 Å². The molecule has 0 spiro atoms. The maximum Gasteiger partial charge on any atom is 0.224 e. The van der Waals surface area contributed by atoms with Crippen molar-refractivity contribution in [1.29, 1.82) is 0 Å². The van der Waals surface area contributed by atoms with Gasteiger partial charge in [-0.1, -0.05) is 0 Å². The Kier molecular flexibility index (Phi) is 4.06. The van der Waals surface area contributed by atoms with Gasteiger partial charge in [0.05, 0.1) is 19.5 Å². The van der Waals surface area contributed by atoms with Crippen molar-refractivity contribution in [1.82, 2.24) is 19.5 Å². The SMILES string of the molecule is Nc1nc(NO)c2ncn(COCC(O)CO)c2n1. The third-order valence-electron chi connectivity index (χ3n) is 2.34. The molecule has 1 unspecified atom stereocenters. The predicted molar refractivity (Wildman–Crippen MR) is 64.2 cm³/mol. The van der Waals surface area contributed by atoms with E-state index in [4.69, 9.17) is 25.9 Å². The molecule has 0 fully saturated rings. The number of nitrogens with two attached hydrogens (primary N) is 1. The number of aromatic nitrogens is 4. The Morgan fingerprint density at radius 3 is 2.95 bits per heavy atom. The fraction of sp³-hybridized carbons (Fsp3) is 0.444. The summed E-state index contributed by atoms with van der Waals surface area (Å²) in [6.07, 6.45) is 0.495. The van der Waals surface area contributed by atoms with Crippen LogP contribution in [0.5, 0.6) is 0 Å². The van der Waals surface area contributed by atoms with Crippen molar-refractivity contribution in [2.45, 2.75) is 12.8 Å². The van der Waals surface area contributed by atoms with Crippen LogP contribution in [0.1, 0.15) is 0 Å². The number of anilines is 2. The van der Waals surface area contributed by atoms with Crippen LogP contribution in [-0.4, -0.2) is 54.3 Å². The number of nitrogens with one attached hydrogen (secondary N) is 1. The molecule has 0 saturated carbocycles. The lowest BCUT2D eigenvalue weighted by molar-refractivity contribution is -0.0163. The van der Waals surface area contributed by atoms with E-state index in [-0.39, 0.29) is 31.7 Å². The van der Waals surface area contributed by atoms with Crippen molar-refractivity contribution in [3.8, 4) is 0 Å². The molecule has 2 rings (SSSR count). The number of imidazole rings is 1. The van der Waals surface area contributed by atoms with Gasteiger partial charge >= 0.3 is 0 Å². The molecule has 10 heteroatoms. The highest BCUT2D eigenvalue weighted by Gasteiger charge is 2.12. The van der Waals surface area contributed by atoms with E-state index in [1.807, 2.05) is 5.48 Å². The third kappa shape index (κ3) is 2.88. The summed E-state index contributed by atoms with van der Waals surface area (Å²) in [4.78, 5) is 11.8. The number of aliphatic hydroxyl groups is 2. The number of rotatable bonds is 6. The quantitative estimate of drug-likeness (QED) is 0.396.